The summed E-state index contributed by atoms with van der Waals surface area (Å²) in [5, 5.41) is -0.423. The van der Waals surface area contributed by atoms with Crippen molar-refractivity contribution in [2.75, 3.05) is 0 Å². The summed E-state index contributed by atoms with van der Waals surface area (Å²) in [5.74, 6) is -0.965. The van der Waals surface area contributed by atoms with Crippen molar-refractivity contribution < 1.29 is 13.2 Å². The summed E-state index contributed by atoms with van der Waals surface area (Å²) in [6, 6.07) is 0. The van der Waals surface area contributed by atoms with E-state index in [1.807, 2.05) is 0 Å². The van der Waals surface area contributed by atoms with Crippen LogP contribution >= 0.6 is 27.5 Å². The first-order chi connectivity index (χ1) is 5.54. The number of alkyl halides is 2. The Kier molecular flexibility index (Phi) is 2.95. The average Bonchev–Trinajstić information content (AvgIpc) is 2.00. The highest BCUT2D eigenvalue weighted by Crippen LogP contribution is 2.33. The first-order valence-corrected chi connectivity index (χ1v) is 3.98. The molecule has 0 amide bonds. The molecule has 1 aromatic heterocycles. The molecule has 0 saturated carbocycles. The highest BCUT2D eigenvalue weighted by molar-refractivity contribution is 9.10. The predicted octanol–water partition coefficient (Wildman–Crippen LogP) is 3.57. The van der Waals surface area contributed by atoms with Gasteiger partial charge in [0.25, 0.3) is 6.43 Å². The molecule has 1 rings (SSSR count). The van der Waals surface area contributed by atoms with E-state index in [0.29, 0.717) is 0 Å². The minimum absolute atomic E-state index is 0.147. The number of pyridine rings is 1. The number of hydrogen-bond donors (Lipinski definition) is 0. The SMILES string of the molecule is Fc1ncc(C(F)F)c(Br)c1Cl. The predicted molar refractivity (Wildman–Crippen MR) is 41.9 cm³/mol. The molecule has 0 aromatic carbocycles. The maximum absolute atomic E-state index is 12.5. The van der Waals surface area contributed by atoms with Gasteiger partial charge in [-0.1, -0.05) is 11.6 Å². The molecule has 1 heterocycles. The van der Waals surface area contributed by atoms with Crippen molar-refractivity contribution in [3.63, 3.8) is 0 Å². The van der Waals surface area contributed by atoms with Gasteiger partial charge in [-0.15, -0.1) is 0 Å². The van der Waals surface area contributed by atoms with Crippen LogP contribution in [0, 0.1) is 5.95 Å². The zero-order valence-electron chi connectivity index (χ0n) is 5.49. The Bertz CT molecular complexity index is 305. The van der Waals surface area contributed by atoms with E-state index in [0.717, 1.165) is 6.20 Å². The maximum atomic E-state index is 12.5. The molecule has 1 aromatic rings. The van der Waals surface area contributed by atoms with Crippen LogP contribution in [0.1, 0.15) is 12.0 Å². The minimum atomic E-state index is -2.72. The van der Waals surface area contributed by atoms with E-state index in [9.17, 15) is 13.2 Å². The number of halogens is 5. The van der Waals surface area contributed by atoms with E-state index in [-0.39, 0.29) is 4.47 Å². The largest absolute Gasteiger partial charge is 0.266 e. The van der Waals surface area contributed by atoms with Crippen molar-refractivity contribution in [3.05, 3.63) is 27.2 Å². The molecule has 1 nitrogen and oxygen atoms in total. The molecule has 0 aliphatic heterocycles. The minimum Gasteiger partial charge on any atom is -0.226 e. The third kappa shape index (κ3) is 1.72. The number of rotatable bonds is 1. The maximum Gasteiger partial charge on any atom is 0.266 e. The van der Waals surface area contributed by atoms with Crippen molar-refractivity contribution in [1.29, 1.82) is 0 Å². The van der Waals surface area contributed by atoms with E-state index in [1.165, 1.54) is 0 Å². The van der Waals surface area contributed by atoms with Gasteiger partial charge in [0.15, 0.2) is 0 Å². The van der Waals surface area contributed by atoms with E-state index in [2.05, 4.69) is 20.9 Å². The van der Waals surface area contributed by atoms with Crippen molar-refractivity contribution in [3.8, 4) is 0 Å². The summed E-state index contributed by atoms with van der Waals surface area (Å²) in [6.45, 7) is 0. The van der Waals surface area contributed by atoms with Crippen LogP contribution in [0.25, 0.3) is 0 Å². The van der Waals surface area contributed by atoms with E-state index in [1.54, 1.807) is 0 Å². The molecule has 66 valence electrons. The first-order valence-electron chi connectivity index (χ1n) is 2.81. The van der Waals surface area contributed by atoms with Gasteiger partial charge in [-0.3, -0.25) is 0 Å². The molecular weight excluding hydrogens is 258 g/mol. The second-order valence-electron chi connectivity index (χ2n) is 1.93. The van der Waals surface area contributed by atoms with Gasteiger partial charge in [-0.05, 0) is 15.9 Å². The van der Waals surface area contributed by atoms with Gasteiger partial charge >= 0.3 is 0 Å². The number of nitrogens with zero attached hydrogens (tertiary/aromatic N) is 1. The van der Waals surface area contributed by atoms with Crippen LogP contribution in [0.3, 0.4) is 0 Å². The molecule has 0 N–H and O–H groups in total. The van der Waals surface area contributed by atoms with Gasteiger partial charge in [0, 0.05) is 6.20 Å². The van der Waals surface area contributed by atoms with Crippen molar-refractivity contribution in [2.45, 2.75) is 6.43 Å². The fourth-order valence-electron chi connectivity index (χ4n) is 0.609. The summed E-state index contributed by atoms with van der Waals surface area (Å²) in [4.78, 5) is 3.05. The van der Waals surface area contributed by atoms with Crippen LogP contribution in [-0.4, -0.2) is 4.98 Å². The van der Waals surface area contributed by atoms with Crippen molar-refractivity contribution in [2.24, 2.45) is 0 Å². The van der Waals surface area contributed by atoms with Gasteiger partial charge in [0.1, 0.15) is 5.02 Å². The monoisotopic (exact) mass is 259 g/mol. The molecular formula is C6H2BrClF3N. The number of hydrogen-bond acceptors (Lipinski definition) is 1. The van der Waals surface area contributed by atoms with E-state index in [4.69, 9.17) is 11.6 Å². The molecule has 0 radical (unpaired) electrons. The molecule has 0 aliphatic rings. The highest BCUT2D eigenvalue weighted by atomic mass is 79.9. The lowest BCUT2D eigenvalue weighted by Gasteiger charge is -2.03. The Morgan fingerprint density at radius 3 is 2.58 bits per heavy atom. The average molecular weight is 260 g/mol. The first kappa shape index (κ1) is 9.80. The third-order valence-electron chi connectivity index (χ3n) is 1.18. The molecule has 0 aliphatic carbocycles. The standard InChI is InChI=1S/C6H2BrClF3N/c7-3-2(5(9)10)1-12-6(11)4(3)8/h1,5H. The van der Waals surface area contributed by atoms with Gasteiger partial charge < -0.3 is 0 Å². The Morgan fingerprint density at radius 2 is 2.08 bits per heavy atom. The zero-order chi connectivity index (χ0) is 9.30. The van der Waals surface area contributed by atoms with Crippen LogP contribution < -0.4 is 0 Å². The molecule has 0 bridgehead atoms. The smallest absolute Gasteiger partial charge is 0.226 e. The molecule has 12 heavy (non-hydrogen) atoms. The Morgan fingerprint density at radius 1 is 1.50 bits per heavy atom. The van der Waals surface area contributed by atoms with Gasteiger partial charge in [-0.25, -0.2) is 13.8 Å². The molecule has 0 atom stereocenters. The lowest BCUT2D eigenvalue weighted by molar-refractivity contribution is 0.150. The molecule has 6 heteroatoms. The second-order valence-corrected chi connectivity index (χ2v) is 3.10. The third-order valence-corrected chi connectivity index (χ3v) is 2.61. The van der Waals surface area contributed by atoms with Crippen molar-refractivity contribution in [1.82, 2.24) is 4.98 Å². The highest BCUT2D eigenvalue weighted by Gasteiger charge is 2.17. The summed E-state index contributed by atoms with van der Waals surface area (Å²) in [7, 11) is 0. The normalized spacial score (nSPS) is 10.8. The fourth-order valence-corrected chi connectivity index (χ4v) is 1.21. The van der Waals surface area contributed by atoms with E-state index >= 15 is 0 Å². The van der Waals surface area contributed by atoms with Crippen LogP contribution in [0.15, 0.2) is 10.7 Å². The lowest BCUT2D eigenvalue weighted by Crippen LogP contribution is -1.93. The van der Waals surface area contributed by atoms with Crippen LogP contribution in [0.2, 0.25) is 5.02 Å². The van der Waals surface area contributed by atoms with Gasteiger partial charge in [0.2, 0.25) is 5.95 Å². The molecule has 0 spiro atoms. The second kappa shape index (κ2) is 3.62. The Hall–Kier alpha value is -0.290. The fraction of sp³-hybridized carbons (Fsp3) is 0.167. The lowest BCUT2D eigenvalue weighted by atomic mass is 10.3. The molecule has 0 fully saturated rings. The van der Waals surface area contributed by atoms with Crippen molar-refractivity contribution >= 4 is 27.5 Å². The van der Waals surface area contributed by atoms with E-state index < -0.39 is 23.0 Å². The molecule has 0 saturated heterocycles. The quantitative estimate of drug-likeness (QED) is 0.703. The topological polar surface area (TPSA) is 12.9 Å². The van der Waals surface area contributed by atoms with Gasteiger partial charge in [-0.2, -0.15) is 4.39 Å². The summed E-state index contributed by atoms with van der Waals surface area (Å²) < 4.78 is 36.5. The summed E-state index contributed by atoms with van der Waals surface area (Å²) in [6.07, 6.45) is -1.97. The number of aromatic nitrogens is 1. The summed E-state index contributed by atoms with van der Waals surface area (Å²) in [5.41, 5.74) is -0.415. The Balaban J connectivity index is 3.27. The van der Waals surface area contributed by atoms with Crippen LogP contribution in [0.5, 0.6) is 0 Å². The molecule has 0 unspecified atom stereocenters. The van der Waals surface area contributed by atoms with Crippen LogP contribution in [-0.2, 0) is 0 Å². The Labute approximate surface area is 79.7 Å². The summed E-state index contributed by atoms with van der Waals surface area (Å²) >= 11 is 8.05. The van der Waals surface area contributed by atoms with Crippen LogP contribution in [0.4, 0.5) is 13.2 Å². The zero-order valence-corrected chi connectivity index (χ0v) is 7.83. The van der Waals surface area contributed by atoms with Gasteiger partial charge in [0.05, 0.1) is 10.0 Å².